The zero-order valence-corrected chi connectivity index (χ0v) is 19.8. The van der Waals surface area contributed by atoms with Crippen LogP contribution in [0.2, 0.25) is 10.0 Å². The first-order valence-electron chi connectivity index (χ1n) is 10.2. The Balaban J connectivity index is 1.59. The maximum Gasteiger partial charge on any atom is 0.254 e. The van der Waals surface area contributed by atoms with E-state index in [2.05, 4.69) is 5.32 Å². The van der Waals surface area contributed by atoms with E-state index in [1.807, 2.05) is 0 Å². The molecular formula is C23H26Cl2N2O5. The number of ether oxygens (including phenoxy) is 3. The van der Waals surface area contributed by atoms with Gasteiger partial charge < -0.3 is 24.4 Å². The quantitative estimate of drug-likeness (QED) is 0.642. The zero-order valence-electron chi connectivity index (χ0n) is 18.2. The van der Waals surface area contributed by atoms with Crippen LogP contribution in [0.1, 0.15) is 28.8 Å². The average Bonchev–Trinajstić information content (AvgIpc) is 2.81. The van der Waals surface area contributed by atoms with Crippen LogP contribution in [-0.2, 0) is 11.3 Å². The van der Waals surface area contributed by atoms with Crippen molar-refractivity contribution in [2.24, 2.45) is 5.92 Å². The summed E-state index contributed by atoms with van der Waals surface area (Å²) in [5, 5.41) is 4.00. The molecule has 2 amide bonds. The van der Waals surface area contributed by atoms with Gasteiger partial charge in [-0.05, 0) is 42.7 Å². The first-order chi connectivity index (χ1) is 15.4. The van der Waals surface area contributed by atoms with Crippen LogP contribution in [0.25, 0.3) is 0 Å². The Labute approximate surface area is 197 Å². The number of methoxy groups -OCH3 is 3. The first kappa shape index (κ1) is 24.0. The molecule has 1 saturated heterocycles. The van der Waals surface area contributed by atoms with E-state index in [4.69, 9.17) is 37.4 Å². The van der Waals surface area contributed by atoms with Crippen molar-refractivity contribution in [2.45, 2.75) is 19.4 Å². The number of likely N-dealkylation sites (tertiary alicyclic amines) is 1. The number of carbonyl (C=O) groups excluding carboxylic acids is 2. The molecule has 1 fully saturated rings. The molecule has 32 heavy (non-hydrogen) atoms. The molecular weight excluding hydrogens is 455 g/mol. The molecule has 0 bridgehead atoms. The van der Waals surface area contributed by atoms with Crippen LogP contribution in [0.3, 0.4) is 0 Å². The van der Waals surface area contributed by atoms with Gasteiger partial charge in [0.05, 0.1) is 21.3 Å². The van der Waals surface area contributed by atoms with Crippen molar-refractivity contribution in [3.05, 3.63) is 51.5 Å². The molecule has 0 radical (unpaired) electrons. The van der Waals surface area contributed by atoms with Crippen LogP contribution in [0.5, 0.6) is 17.2 Å². The van der Waals surface area contributed by atoms with E-state index >= 15 is 0 Å². The standard InChI is InChI=1S/C23H26Cl2N2O5/c1-30-19-10-16(11-20(31-2)21(19)32-3)23(29)27-8-6-14(7-9-27)22(28)26-13-15-4-5-17(24)12-18(15)25/h4-5,10-12,14H,6-9,13H2,1-3H3,(H,26,28). The molecule has 9 heteroatoms. The average molecular weight is 481 g/mol. The highest BCUT2D eigenvalue weighted by Crippen LogP contribution is 2.38. The summed E-state index contributed by atoms with van der Waals surface area (Å²) in [6.07, 6.45) is 1.16. The van der Waals surface area contributed by atoms with Crippen LogP contribution in [0, 0.1) is 5.92 Å². The Hall–Kier alpha value is -2.64. The molecule has 1 N–H and O–H groups in total. The molecule has 172 valence electrons. The van der Waals surface area contributed by atoms with Crippen molar-refractivity contribution in [3.63, 3.8) is 0 Å². The molecule has 0 atom stereocenters. The van der Waals surface area contributed by atoms with Gasteiger partial charge in [-0.1, -0.05) is 29.3 Å². The van der Waals surface area contributed by atoms with Gasteiger partial charge in [0.15, 0.2) is 11.5 Å². The summed E-state index contributed by atoms with van der Waals surface area (Å²) in [6.45, 7) is 1.30. The molecule has 0 saturated carbocycles. The second-order valence-electron chi connectivity index (χ2n) is 7.43. The third-order valence-electron chi connectivity index (χ3n) is 5.53. The van der Waals surface area contributed by atoms with Gasteiger partial charge in [-0.3, -0.25) is 9.59 Å². The SMILES string of the molecule is COc1cc(C(=O)N2CCC(C(=O)NCc3ccc(Cl)cc3Cl)CC2)cc(OC)c1OC. The minimum atomic E-state index is -0.162. The normalized spacial score (nSPS) is 14.1. The molecule has 0 aliphatic carbocycles. The maximum atomic E-state index is 13.0. The van der Waals surface area contributed by atoms with E-state index in [0.29, 0.717) is 65.3 Å². The van der Waals surface area contributed by atoms with E-state index in [1.54, 1.807) is 35.2 Å². The Bertz CT molecular complexity index is 965. The van der Waals surface area contributed by atoms with E-state index < -0.39 is 0 Å². The lowest BCUT2D eigenvalue weighted by Gasteiger charge is -2.31. The highest BCUT2D eigenvalue weighted by Gasteiger charge is 2.29. The van der Waals surface area contributed by atoms with Crippen molar-refractivity contribution < 1.29 is 23.8 Å². The minimum absolute atomic E-state index is 0.0455. The van der Waals surface area contributed by atoms with Crippen molar-refractivity contribution in [3.8, 4) is 17.2 Å². The fourth-order valence-electron chi connectivity index (χ4n) is 3.72. The van der Waals surface area contributed by atoms with Gasteiger partial charge in [0, 0.05) is 41.2 Å². The number of nitrogens with zero attached hydrogens (tertiary/aromatic N) is 1. The predicted molar refractivity (Wildman–Crippen MR) is 123 cm³/mol. The Kier molecular flexibility index (Phi) is 8.10. The Morgan fingerprint density at radius 3 is 2.16 bits per heavy atom. The van der Waals surface area contributed by atoms with E-state index in [0.717, 1.165) is 5.56 Å². The van der Waals surface area contributed by atoms with Gasteiger partial charge in [-0.15, -0.1) is 0 Å². The van der Waals surface area contributed by atoms with E-state index in [1.165, 1.54) is 21.3 Å². The molecule has 2 aromatic carbocycles. The van der Waals surface area contributed by atoms with Crippen molar-refractivity contribution in [1.82, 2.24) is 10.2 Å². The van der Waals surface area contributed by atoms with E-state index in [9.17, 15) is 9.59 Å². The van der Waals surface area contributed by atoms with Crippen LogP contribution < -0.4 is 19.5 Å². The molecule has 3 rings (SSSR count). The number of rotatable bonds is 7. The third-order valence-corrected chi connectivity index (χ3v) is 6.12. The summed E-state index contributed by atoms with van der Waals surface area (Å²) in [6, 6.07) is 8.46. The van der Waals surface area contributed by atoms with Gasteiger partial charge in [-0.25, -0.2) is 0 Å². The van der Waals surface area contributed by atoms with Crippen molar-refractivity contribution >= 4 is 35.0 Å². The molecule has 1 heterocycles. The maximum absolute atomic E-state index is 13.0. The fraction of sp³-hybridized carbons (Fsp3) is 0.391. The number of halogens is 2. The van der Waals surface area contributed by atoms with Crippen LogP contribution in [0.4, 0.5) is 0 Å². The summed E-state index contributed by atoms with van der Waals surface area (Å²) in [5.74, 6) is 0.926. The highest BCUT2D eigenvalue weighted by atomic mass is 35.5. The van der Waals surface area contributed by atoms with E-state index in [-0.39, 0.29) is 17.7 Å². The Morgan fingerprint density at radius 2 is 1.62 bits per heavy atom. The zero-order chi connectivity index (χ0) is 23.3. The molecule has 1 aliphatic rings. The molecule has 0 aromatic heterocycles. The number of hydrogen-bond donors (Lipinski definition) is 1. The van der Waals surface area contributed by atoms with Crippen LogP contribution in [0.15, 0.2) is 30.3 Å². The number of hydrogen-bond acceptors (Lipinski definition) is 5. The lowest BCUT2D eigenvalue weighted by atomic mass is 9.95. The monoisotopic (exact) mass is 480 g/mol. The summed E-state index contributed by atoms with van der Waals surface area (Å²) in [5.41, 5.74) is 1.25. The van der Waals surface area contributed by atoms with Gasteiger partial charge in [0.1, 0.15) is 0 Å². The summed E-state index contributed by atoms with van der Waals surface area (Å²) in [4.78, 5) is 27.4. The summed E-state index contributed by atoms with van der Waals surface area (Å²) in [7, 11) is 4.53. The Morgan fingerprint density at radius 1 is 1.00 bits per heavy atom. The topological polar surface area (TPSA) is 77.1 Å². The highest BCUT2D eigenvalue weighted by molar-refractivity contribution is 6.35. The predicted octanol–water partition coefficient (Wildman–Crippen LogP) is 4.19. The number of piperidine rings is 1. The molecule has 0 spiro atoms. The lowest BCUT2D eigenvalue weighted by molar-refractivity contribution is -0.126. The van der Waals surface area contributed by atoms with Crippen LogP contribution in [-0.4, -0.2) is 51.1 Å². The largest absolute Gasteiger partial charge is 0.493 e. The molecule has 2 aromatic rings. The first-order valence-corrected chi connectivity index (χ1v) is 10.9. The summed E-state index contributed by atoms with van der Waals surface area (Å²) < 4.78 is 16.0. The summed E-state index contributed by atoms with van der Waals surface area (Å²) >= 11 is 12.1. The number of amides is 2. The molecule has 1 aliphatic heterocycles. The molecule has 7 nitrogen and oxygen atoms in total. The van der Waals surface area contributed by atoms with Crippen molar-refractivity contribution in [2.75, 3.05) is 34.4 Å². The van der Waals surface area contributed by atoms with Gasteiger partial charge in [-0.2, -0.15) is 0 Å². The second-order valence-corrected chi connectivity index (χ2v) is 8.28. The lowest BCUT2D eigenvalue weighted by Crippen LogP contribution is -2.43. The molecule has 0 unspecified atom stereocenters. The fourth-order valence-corrected chi connectivity index (χ4v) is 4.20. The van der Waals surface area contributed by atoms with Crippen molar-refractivity contribution in [1.29, 1.82) is 0 Å². The number of nitrogens with one attached hydrogen (secondary N) is 1. The minimum Gasteiger partial charge on any atom is -0.493 e. The third kappa shape index (κ3) is 5.40. The van der Waals surface area contributed by atoms with Gasteiger partial charge in [0.2, 0.25) is 11.7 Å². The smallest absolute Gasteiger partial charge is 0.254 e. The van der Waals surface area contributed by atoms with Gasteiger partial charge >= 0.3 is 0 Å². The second kappa shape index (κ2) is 10.8. The van der Waals surface area contributed by atoms with Crippen LogP contribution >= 0.6 is 23.2 Å². The number of benzene rings is 2. The number of carbonyl (C=O) groups is 2. The van der Waals surface area contributed by atoms with Gasteiger partial charge in [0.25, 0.3) is 5.91 Å².